The summed E-state index contributed by atoms with van der Waals surface area (Å²) in [5.74, 6) is -0.503. The molecular weight excluding hydrogens is 270 g/mol. The number of pyridine rings is 1. The van der Waals surface area contributed by atoms with Gasteiger partial charge in [0.05, 0.1) is 12.1 Å². The molecule has 2 aromatic heterocycles. The summed E-state index contributed by atoms with van der Waals surface area (Å²) in [7, 11) is 0. The molecule has 0 fully saturated rings. The monoisotopic (exact) mass is 283 g/mol. The number of hydrogen-bond acceptors (Lipinski definition) is 6. The predicted molar refractivity (Wildman–Crippen MR) is 77.5 cm³/mol. The molecule has 0 unspecified atom stereocenters. The molecule has 3 aromatic rings. The summed E-state index contributed by atoms with van der Waals surface area (Å²) >= 11 is 0. The Morgan fingerprint density at radius 2 is 2.29 bits per heavy atom. The van der Waals surface area contributed by atoms with Gasteiger partial charge in [-0.3, -0.25) is 4.98 Å². The van der Waals surface area contributed by atoms with E-state index >= 15 is 0 Å². The van der Waals surface area contributed by atoms with Crippen molar-refractivity contribution in [1.29, 1.82) is 0 Å². The van der Waals surface area contributed by atoms with E-state index < -0.39 is 5.97 Å². The number of carbonyl (C=O) groups excluding carboxylic acids is 1. The van der Waals surface area contributed by atoms with Crippen LogP contribution in [0.1, 0.15) is 17.4 Å². The number of fused-ring (bicyclic) bond motifs is 1. The highest BCUT2D eigenvalue weighted by Crippen LogP contribution is 2.21. The maximum absolute atomic E-state index is 11.5. The van der Waals surface area contributed by atoms with Crippen molar-refractivity contribution in [3.05, 3.63) is 48.5 Å². The van der Waals surface area contributed by atoms with Crippen LogP contribution < -0.4 is 5.32 Å². The van der Waals surface area contributed by atoms with Crippen LogP contribution in [-0.2, 0) is 4.74 Å². The number of ether oxygens (including phenoxy) is 1. The fourth-order valence-electron chi connectivity index (χ4n) is 1.91. The highest BCUT2D eigenvalue weighted by Gasteiger charge is 2.13. The summed E-state index contributed by atoms with van der Waals surface area (Å²) in [5.41, 5.74) is 1.84. The number of anilines is 2. The first-order valence-electron chi connectivity index (χ1n) is 6.50. The number of esters is 1. The van der Waals surface area contributed by atoms with Crippen LogP contribution in [0, 0.1) is 0 Å². The Morgan fingerprint density at radius 3 is 3.14 bits per heavy atom. The zero-order valence-corrected chi connectivity index (χ0v) is 11.4. The van der Waals surface area contributed by atoms with Gasteiger partial charge in [-0.05, 0) is 31.2 Å². The summed E-state index contributed by atoms with van der Waals surface area (Å²) < 4.78 is 10.1. The van der Waals surface area contributed by atoms with E-state index in [2.05, 4.69) is 15.3 Å². The Hall–Kier alpha value is -2.89. The van der Waals surface area contributed by atoms with Crippen molar-refractivity contribution < 1.29 is 13.9 Å². The molecule has 0 bridgehead atoms. The molecule has 106 valence electrons. The van der Waals surface area contributed by atoms with E-state index in [1.807, 2.05) is 30.3 Å². The number of carbonyl (C=O) groups is 1. The molecule has 0 aliphatic heterocycles. The molecule has 0 radical (unpaired) electrons. The van der Waals surface area contributed by atoms with Gasteiger partial charge in [0.1, 0.15) is 6.26 Å². The van der Waals surface area contributed by atoms with Gasteiger partial charge in [0, 0.05) is 17.3 Å². The van der Waals surface area contributed by atoms with Crippen LogP contribution in [0.25, 0.3) is 10.9 Å². The third kappa shape index (κ3) is 2.84. The lowest BCUT2D eigenvalue weighted by atomic mass is 10.2. The number of nitrogens with zero attached hydrogens (tertiary/aromatic N) is 2. The molecule has 1 N–H and O–H groups in total. The van der Waals surface area contributed by atoms with E-state index in [4.69, 9.17) is 9.15 Å². The first kappa shape index (κ1) is 13.1. The normalized spacial score (nSPS) is 10.5. The van der Waals surface area contributed by atoms with Crippen LogP contribution in [-0.4, -0.2) is 22.5 Å². The molecule has 0 amide bonds. The van der Waals surface area contributed by atoms with E-state index in [-0.39, 0.29) is 11.7 Å². The molecule has 3 rings (SSSR count). The van der Waals surface area contributed by atoms with Crippen molar-refractivity contribution >= 4 is 28.6 Å². The maximum Gasteiger partial charge on any atom is 0.360 e. The molecule has 0 atom stereocenters. The number of hydrogen-bond donors (Lipinski definition) is 1. The van der Waals surface area contributed by atoms with E-state index in [9.17, 15) is 4.79 Å². The summed E-state index contributed by atoms with van der Waals surface area (Å²) in [6, 6.07) is 9.76. The van der Waals surface area contributed by atoms with Crippen LogP contribution in [0.4, 0.5) is 11.7 Å². The number of nitrogens with one attached hydrogen (secondary N) is 1. The Morgan fingerprint density at radius 1 is 1.38 bits per heavy atom. The van der Waals surface area contributed by atoms with Gasteiger partial charge < -0.3 is 14.5 Å². The topological polar surface area (TPSA) is 77.2 Å². The lowest BCUT2D eigenvalue weighted by molar-refractivity contribution is 0.0519. The largest absolute Gasteiger partial charge is 0.461 e. The van der Waals surface area contributed by atoms with Gasteiger partial charge in [-0.15, -0.1) is 0 Å². The summed E-state index contributed by atoms with van der Waals surface area (Å²) in [6.45, 7) is 2.03. The molecule has 6 nitrogen and oxygen atoms in total. The summed E-state index contributed by atoms with van der Waals surface area (Å²) in [6.07, 6.45) is 3.01. The lowest BCUT2D eigenvalue weighted by Crippen LogP contribution is -2.04. The van der Waals surface area contributed by atoms with Gasteiger partial charge >= 0.3 is 5.97 Å². The highest BCUT2D eigenvalue weighted by molar-refractivity contribution is 5.87. The number of aromatic nitrogens is 2. The molecule has 1 aromatic carbocycles. The second kappa shape index (κ2) is 5.62. The lowest BCUT2D eigenvalue weighted by Gasteiger charge is -2.03. The maximum atomic E-state index is 11.5. The summed E-state index contributed by atoms with van der Waals surface area (Å²) in [4.78, 5) is 19.8. The molecule has 6 heteroatoms. The van der Waals surface area contributed by atoms with Crippen LogP contribution in [0.15, 0.2) is 47.2 Å². The number of benzene rings is 1. The quantitative estimate of drug-likeness (QED) is 0.741. The van der Waals surface area contributed by atoms with Crippen molar-refractivity contribution in [3.63, 3.8) is 0 Å². The van der Waals surface area contributed by atoms with Gasteiger partial charge in [-0.25, -0.2) is 4.79 Å². The second-order valence-electron chi connectivity index (χ2n) is 4.29. The molecule has 21 heavy (non-hydrogen) atoms. The molecule has 0 saturated carbocycles. The van der Waals surface area contributed by atoms with Crippen LogP contribution in [0.3, 0.4) is 0 Å². The Kier molecular flexibility index (Phi) is 3.51. The fourth-order valence-corrected chi connectivity index (χ4v) is 1.91. The standard InChI is InChI=1S/C15H13N3O3/c1-2-20-14(19)13-9-21-15(18-13)17-11-5-6-12-10(8-11)4-3-7-16-12/h3-9H,2H2,1H3,(H,17,18). The van der Waals surface area contributed by atoms with Crippen LogP contribution in [0.2, 0.25) is 0 Å². The SMILES string of the molecule is CCOC(=O)c1coc(Nc2ccc3ncccc3c2)n1. The molecule has 2 heterocycles. The van der Waals surface area contributed by atoms with E-state index in [0.717, 1.165) is 16.6 Å². The van der Waals surface area contributed by atoms with Crippen molar-refractivity contribution in [1.82, 2.24) is 9.97 Å². The zero-order valence-electron chi connectivity index (χ0n) is 11.4. The summed E-state index contributed by atoms with van der Waals surface area (Å²) in [5, 5.41) is 4.00. The van der Waals surface area contributed by atoms with Crippen LogP contribution >= 0.6 is 0 Å². The minimum atomic E-state index is -0.503. The molecule has 0 saturated heterocycles. The molecule has 0 spiro atoms. The first-order valence-corrected chi connectivity index (χ1v) is 6.50. The van der Waals surface area contributed by atoms with Gasteiger partial charge in [-0.1, -0.05) is 6.07 Å². The number of rotatable bonds is 4. The van der Waals surface area contributed by atoms with Crippen molar-refractivity contribution in [2.45, 2.75) is 6.92 Å². The van der Waals surface area contributed by atoms with E-state index in [1.165, 1.54) is 6.26 Å². The predicted octanol–water partition coefficient (Wildman–Crippen LogP) is 3.14. The molecular formula is C15H13N3O3. The highest BCUT2D eigenvalue weighted by atomic mass is 16.5. The average molecular weight is 283 g/mol. The third-order valence-corrected chi connectivity index (χ3v) is 2.84. The minimum Gasteiger partial charge on any atom is -0.461 e. The molecule has 0 aliphatic rings. The second-order valence-corrected chi connectivity index (χ2v) is 4.29. The van der Waals surface area contributed by atoms with Gasteiger partial charge in [-0.2, -0.15) is 4.98 Å². The van der Waals surface area contributed by atoms with Crippen molar-refractivity contribution in [3.8, 4) is 0 Å². The minimum absolute atomic E-state index is 0.141. The van der Waals surface area contributed by atoms with Crippen LogP contribution in [0.5, 0.6) is 0 Å². The third-order valence-electron chi connectivity index (χ3n) is 2.84. The van der Waals surface area contributed by atoms with E-state index in [1.54, 1.807) is 13.1 Å². The fraction of sp³-hybridized carbons (Fsp3) is 0.133. The number of oxazole rings is 1. The van der Waals surface area contributed by atoms with E-state index in [0.29, 0.717) is 6.61 Å². The zero-order chi connectivity index (χ0) is 14.7. The van der Waals surface area contributed by atoms with Crippen molar-refractivity contribution in [2.24, 2.45) is 0 Å². The Balaban J connectivity index is 1.80. The Bertz CT molecular complexity index is 782. The smallest absolute Gasteiger partial charge is 0.360 e. The van der Waals surface area contributed by atoms with Crippen molar-refractivity contribution in [2.75, 3.05) is 11.9 Å². The van der Waals surface area contributed by atoms with Gasteiger partial charge in [0.15, 0.2) is 5.69 Å². The molecule has 0 aliphatic carbocycles. The van der Waals surface area contributed by atoms with Gasteiger partial charge in [0.2, 0.25) is 0 Å². The average Bonchev–Trinajstić information content (AvgIpc) is 2.96. The van der Waals surface area contributed by atoms with Gasteiger partial charge in [0.25, 0.3) is 6.01 Å². The Labute approximate surface area is 120 Å². The first-order chi connectivity index (χ1) is 10.3.